The van der Waals surface area contributed by atoms with Crippen LogP contribution in [0.25, 0.3) is 0 Å². The van der Waals surface area contributed by atoms with Crippen LogP contribution in [0.4, 0.5) is 0 Å². The second-order valence-corrected chi connectivity index (χ2v) is 8.84. The van der Waals surface area contributed by atoms with Crippen LogP contribution in [0.5, 0.6) is 0 Å². The average molecular weight is 331 g/mol. The van der Waals surface area contributed by atoms with Crippen molar-refractivity contribution in [3.63, 3.8) is 0 Å². The Morgan fingerprint density at radius 3 is 2.68 bits per heavy atom. The van der Waals surface area contributed by atoms with Crippen LogP contribution in [0.2, 0.25) is 0 Å². The molecule has 0 aromatic heterocycles. The Morgan fingerprint density at radius 1 is 1.23 bits per heavy atom. The number of sulfone groups is 1. The van der Waals surface area contributed by atoms with E-state index in [4.69, 9.17) is 9.47 Å². The molecule has 126 valence electrons. The highest BCUT2D eigenvalue weighted by atomic mass is 32.2. The van der Waals surface area contributed by atoms with Gasteiger partial charge in [0, 0.05) is 19.2 Å². The second-order valence-electron chi connectivity index (χ2n) is 6.61. The molecule has 0 radical (unpaired) electrons. The topological polar surface area (TPSA) is 72.9 Å². The lowest BCUT2D eigenvalue weighted by Gasteiger charge is -2.43. The van der Waals surface area contributed by atoms with Gasteiger partial charge < -0.3 is 14.4 Å². The highest BCUT2D eigenvalue weighted by molar-refractivity contribution is 7.91. The Labute approximate surface area is 132 Å². The van der Waals surface area contributed by atoms with Gasteiger partial charge in [0.25, 0.3) is 0 Å². The number of carbonyl (C=O) groups excluding carboxylic acids is 1. The van der Waals surface area contributed by atoms with Crippen molar-refractivity contribution < 1.29 is 22.7 Å². The van der Waals surface area contributed by atoms with Crippen LogP contribution in [0.1, 0.15) is 32.1 Å². The Morgan fingerprint density at radius 2 is 2.05 bits per heavy atom. The summed E-state index contributed by atoms with van der Waals surface area (Å²) in [5, 5.41) is 0. The molecule has 2 aliphatic heterocycles. The molecular formula is C15H25NO5S. The first-order valence-electron chi connectivity index (χ1n) is 8.24. The molecule has 2 unspecified atom stereocenters. The third kappa shape index (κ3) is 3.81. The molecule has 22 heavy (non-hydrogen) atoms. The molecule has 1 aliphatic carbocycles. The van der Waals surface area contributed by atoms with Gasteiger partial charge in [-0.05, 0) is 31.6 Å². The van der Waals surface area contributed by atoms with E-state index in [1.165, 1.54) is 0 Å². The van der Waals surface area contributed by atoms with E-state index < -0.39 is 9.84 Å². The minimum Gasteiger partial charge on any atom is -0.376 e. The smallest absolute Gasteiger partial charge is 0.248 e. The van der Waals surface area contributed by atoms with Gasteiger partial charge in [0.05, 0.1) is 24.2 Å². The number of amides is 1. The lowest BCUT2D eigenvalue weighted by Crippen LogP contribution is -2.56. The minimum atomic E-state index is -3.01. The zero-order chi connectivity index (χ0) is 15.6. The van der Waals surface area contributed by atoms with Gasteiger partial charge in [0.15, 0.2) is 9.84 Å². The summed E-state index contributed by atoms with van der Waals surface area (Å²) in [6, 6.07) is -0.147. The van der Waals surface area contributed by atoms with Crippen LogP contribution in [0.15, 0.2) is 0 Å². The maximum Gasteiger partial charge on any atom is 0.248 e. The summed E-state index contributed by atoms with van der Waals surface area (Å²) < 4.78 is 34.7. The zero-order valence-electron chi connectivity index (χ0n) is 12.9. The van der Waals surface area contributed by atoms with Crippen molar-refractivity contribution in [3.8, 4) is 0 Å². The molecular weight excluding hydrogens is 306 g/mol. The Kier molecular flexibility index (Phi) is 5.04. The number of ether oxygens (including phenoxy) is 2. The summed E-state index contributed by atoms with van der Waals surface area (Å²) >= 11 is 0. The standard InChI is InChI=1S/C15H25NO5S/c17-15(10-20-9-13-5-2-7-21-13)16-6-8-22(18,19)11-14(16)12-3-1-4-12/h12-14H,1-11H2. The van der Waals surface area contributed by atoms with Gasteiger partial charge in [0.2, 0.25) is 5.91 Å². The summed E-state index contributed by atoms with van der Waals surface area (Å²) in [4.78, 5) is 14.2. The number of nitrogens with zero attached hydrogens (tertiary/aromatic N) is 1. The molecule has 3 rings (SSSR count). The number of carbonyl (C=O) groups is 1. The molecule has 1 amide bonds. The largest absolute Gasteiger partial charge is 0.376 e. The molecule has 1 saturated carbocycles. The quantitative estimate of drug-likeness (QED) is 0.738. The van der Waals surface area contributed by atoms with Crippen molar-refractivity contribution in [2.75, 3.05) is 37.9 Å². The van der Waals surface area contributed by atoms with Crippen molar-refractivity contribution in [2.45, 2.75) is 44.2 Å². The van der Waals surface area contributed by atoms with E-state index >= 15 is 0 Å². The maximum atomic E-state index is 12.4. The van der Waals surface area contributed by atoms with Crippen LogP contribution >= 0.6 is 0 Å². The number of hydrogen-bond donors (Lipinski definition) is 0. The molecule has 3 fully saturated rings. The molecule has 2 saturated heterocycles. The molecule has 0 aromatic carbocycles. The van der Waals surface area contributed by atoms with Crippen molar-refractivity contribution in [1.82, 2.24) is 4.90 Å². The summed E-state index contributed by atoms with van der Waals surface area (Å²) in [5.41, 5.74) is 0. The van der Waals surface area contributed by atoms with Gasteiger partial charge in [-0.3, -0.25) is 4.79 Å². The summed E-state index contributed by atoms with van der Waals surface area (Å²) in [6.45, 7) is 1.57. The predicted octanol–water partition coefficient (Wildman–Crippen LogP) is 0.608. The SMILES string of the molecule is O=C(COCC1CCCO1)N1CCS(=O)(=O)CC1C1CCC1. The van der Waals surface area contributed by atoms with Crippen LogP contribution in [0, 0.1) is 5.92 Å². The van der Waals surface area contributed by atoms with E-state index in [1.807, 2.05) is 0 Å². The second kappa shape index (κ2) is 6.84. The summed E-state index contributed by atoms with van der Waals surface area (Å²) in [6.07, 6.45) is 5.34. The normalized spacial score (nSPS) is 31.9. The molecule has 2 atom stereocenters. The first-order valence-corrected chi connectivity index (χ1v) is 10.1. The minimum absolute atomic E-state index is 0.0309. The lowest BCUT2D eigenvalue weighted by molar-refractivity contribution is -0.141. The Balaban J connectivity index is 1.52. The van der Waals surface area contributed by atoms with Crippen LogP contribution in [-0.4, -0.2) is 69.2 Å². The van der Waals surface area contributed by atoms with Gasteiger partial charge in [-0.25, -0.2) is 8.42 Å². The van der Waals surface area contributed by atoms with Crippen LogP contribution < -0.4 is 0 Å². The van der Waals surface area contributed by atoms with E-state index in [-0.39, 0.29) is 36.2 Å². The maximum absolute atomic E-state index is 12.4. The van der Waals surface area contributed by atoms with Crippen molar-refractivity contribution in [2.24, 2.45) is 5.92 Å². The van der Waals surface area contributed by atoms with E-state index in [9.17, 15) is 13.2 Å². The van der Waals surface area contributed by atoms with Gasteiger partial charge in [-0.2, -0.15) is 0 Å². The van der Waals surface area contributed by atoms with E-state index in [2.05, 4.69) is 0 Å². The first kappa shape index (κ1) is 16.2. The molecule has 0 N–H and O–H groups in total. The van der Waals surface area contributed by atoms with Crippen molar-refractivity contribution >= 4 is 15.7 Å². The van der Waals surface area contributed by atoms with E-state index in [0.29, 0.717) is 19.1 Å². The molecule has 0 aromatic rings. The summed E-state index contributed by atoms with van der Waals surface area (Å²) in [5.74, 6) is 0.463. The van der Waals surface area contributed by atoms with Crippen molar-refractivity contribution in [1.29, 1.82) is 0 Å². The third-order valence-electron chi connectivity index (χ3n) is 5.04. The molecule has 7 heteroatoms. The average Bonchev–Trinajstić information content (AvgIpc) is 2.89. The molecule has 2 heterocycles. The number of rotatable bonds is 5. The zero-order valence-corrected chi connectivity index (χ0v) is 13.7. The Bertz CT molecular complexity index is 496. The van der Waals surface area contributed by atoms with E-state index in [1.54, 1.807) is 4.90 Å². The predicted molar refractivity (Wildman–Crippen MR) is 81.3 cm³/mol. The number of hydrogen-bond acceptors (Lipinski definition) is 5. The van der Waals surface area contributed by atoms with Crippen LogP contribution in [0.3, 0.4) is 0 Å². The van der Waals surface area contributed by atoms with Gasteiger partial charge in [0.1, 0.15) is 6.61 Å². The summed E-state index contributed by atoms with van der Waals surface area (Å²) in [7, 11) is -3.01. The van der Waals surface area contributed by atoms with Gasteiger partial charge in [-0.1, -0.05) is 6.42 Å². The molecule has 0 spiro atoms. The molecule has 6 nitrogen and oxygen atoms in total. The Hall–Kier alpha value is -0.660. The van der Waals surface area contributed by atoms with Crippen molar-refractivity contribution in [3.05, 3.63) is 0 Å². The highest BCUT2D eigenvalue weighted by Gasteiger charge is 2.40. The third-order valence-corrected chi connectivity index (χ3v) is 6.69. The highest BCUT2D eigenvalue weighted by Crippen LogP contribution is 2.34. The fraction of sp³-hybridized carbons (Fsp3) is 0.933. The lowest BCUT2D eigenvalue weighted by atomic mass is 9.79. The van der Waals surface area contributed by atoms with Gasteiger partial charge >= 0.3 is 0 Å². The van der Waals surface area contributed by atoms with Crippen LogP contribution in [-0.2, 0) is 24.1 Å². The monoisotopic (exact) mass is 331 g/mol. The molecule has 3 aliphatic rings. The molecule has 0 bridgehead atoms. The first-order chi connectivity index (χ1) is 10.6. The fourth-order valence-electron chi connectivity index (χ4n) is 3.50. The van der Waals surface area contributed by atoms with E-state index in [0.717, 1.165) is 38.7 Å². The van der Waals surface area contributed by atoms with Gasteiger partial charge in [-0.15, -0.1) is 0 Å². The fourth-order valence-corrected chi connectivity index (χ4v) is 5.11.